The molecule has 0 spiro atoms. The van der Waals surface area contributed by atoms with Crippen LogP contribution in [-0.4, -0.2) is 28.4 Å². The molecule has 0 saturated heterocycles. The summed E-state index contributed by atoms with van der Waals surface area (Å²) in [5.74, 6) is 0.505. The molecule has 5 rings (SSSR count). The zero-order valence-corrected chi connectivity index (χ0v) is 24.7. The summed E-state index contributed by atoms with van der Waals surface area (Å²) in [5, 5.41) is 10.1. The Morgan fingerprint density at radius 3 is 2.50 bits per heavy atom. The van der Waals surface area contributed by atoms with Gasteiger partial charge in [-0.15, -0.1) is 0 Å². The SMILES string of the molecule is CCOc1cc(/C=c2\sc3n(c2=O)C(c2ccc(OCc4ccccc4)cc2)C(C(=O)OC(C)C)=C(C)N=3)ccc1O. The summed E-state index contributed by atoms with van der Waals surface area (Å²) in [7, 11) is 0. The lowest BCUT2D eigenvalue weighted by Crippen LogP contribution is -2.40. The van der Waals surface area contributed by atoms with Crippen molar-refractivity contribution in [2.75, 3.05) is 6.61 Å². The number of allylic oxidation sites excluding steroid dienone is 1. The first-order valence-corrected chi connectivity index (χ1v) is 14.5. The minimum Gasteiger partial charge on any atom is -0.504 e. The van der Waals surface area contributed by atoms with Crippen molar-refractivity contribution in [1.29, 1.82) is 0 Å². The van der Waals surface area contributed by atoms with Crippen LogP contribution in [-0.2, 0) is 16.1 Å². The minimum atomic E-state index is -0.739. The number of esters is 1. The molecule has 1 N–H and O–H groups in total. The number of phenolic OH excluding ortho intramolecular Hbond substituents is 1. The van der Waals surface area contributed by atoms with Gasteiger partial charge in [-0.3, -0.25) is 9.36 Å². The predicted octanol–water partition coefficient (Wildman–Crippen LogP) is 4.87. The summed E-state index contributed by atoms with van der Waals surface area (Å²) in [6.07, 6.45) is 1.39. The highest BCUT2D eigenvalue weighted by Gasteiger charge is 2.33. The highest BCUT2D eigenvalue weighted by Crippen LogP contribution is 2.32. The van der Waals surface area contributed by atoms with Crippen molar-refractivity contribution in [3.8, 4) is 17.2 Å². The van der Waals surface area contributed by atoms with Gasteiger partial charge in [0.2, 0.25) is 0 Å². The van der Waals surface area contributed by atoms with Gasteiger partial charge in [-0.05, 0) is 74.7 Å². The topological polar surface area (TPSA) is 99.4 Å². The molecule has 2 heterocycles. The van der Waals surface area contributed by atoms with E-state index in [-0.39, 0.29) is 17.4 Å². The van der Waals surface area contributed by atoms with Crippen molar-refractivity contribution < 1.29 is 24.1 Å². The maximum absolute atomic E-state index is 13.9. The highest BCUT2D eigenvalue weighted by atomic mass is 32.1. The molecule has 1 aromatic heterocycles. The van der Waals surface area contributed by atoms with E-state index in [1.54, 1.807) is 43.5 Å². The predicted molar refractivity (Wildman–Crippen MR) is 161 cm³/mol. The Labute approximate surface area is 247 Å². The summed E-state index contributed by atoms with van der Waals surface area (Å²) in [5.41, 5.74) is 2.97. The molecule has 42 heavy (non-hydrogen) atoms. The Kier molecular flexibility index (Phi) is 8.59. The lowest BCUT2D eigenvalue weighted by atomic mass is 9.96. The van der Waals surface area contributed by atoms with Gasteiger partial charge in [0.25, 0.3) is 5.56 Å². The molecule has 4 aromatic rings. The van der Waals surface area contributed by atoms with E-state index in [9.17, 15) is 14.7 Å². The number of hydrogen-bond donors (Lipinski definition) is 1. The van der Waals surface area contributed by atoms with E-state index in [1.165, 1.54) is 17.4 Å². The molecule has 0 radical (unpaired) electrons. The Bertz CT molecular complexity index is 1800. The molecule has 3 aromatic carbocycles. The summed E-state index contributed by atoms with van der Waals surface area (Å²) in [6.45, 7) is 7.96. The van der Waals surface area contributed by atoms with Crippen molar-refractivity contribution in [3.05, 3.63) is 120 Å². The first kappa shape index (κ1) is 28.9. The van der Waals surface area contributed by atoms with Gasteiger partial charge < -0.3 is 19.3 Å². The van der Waals surface area contributed by atoms with Crippen LogP contribution in [0.25, 0.3) is 6.08 Å². The van der Waals surface area contributed by atoms with Crippen LogP contribution in [0.4, 0.5) is 0 Å². The van der Waals surface area contributed by atoms with Crippen LogP contribution in [0.1, 0.15) is 50.4 Å². The third kappa shape index (κ3) is 6.16. The van der Waals surface area contributed by atoms with Crippen LogP contribution in [0.3, 0.4) is 0 Å². The molecule has 1 aliphatic rings. The van der Waals surface area contributed by atoms with Gasteiger partial charge in [-0.1, -0.05) is 59.9 Å². The molecule has 0 aliphatic carbocycles. The number of nitrogens with zero attached hydrogens (tertiary/aromatic N) is 2. The molecule has 0 bridgehead atoms. The summed E-state index contributed by atoms with van der Waals surface area (Å²) in [6, 6.07) is 21.4. The molecule has 0 amide bonds. The first-order chi connectivity index (χ1) is 20.2. The smallest absolute Gasteiger partial charge is 0.338 e. The summed E-state index contributed by atoms with van der Waals surface area (Å²) < 4.78 is 19.0. The average Bonchev–Trinajstić information content (AvgIpc) is 3.27. The number of fused-ring (bicyclic) bond motifs is 1. The molecule has 0 fully saturated rings. The maximum atomic E-state index is 13.9. The van der Waals surface area contributed by atoms with Crippen molar-refractivity contribution >= 4 is 23.4 Å². The van der Waals surface area contributed by atoms with E-state index < -0.39 is 12.0 Å². The Hall–Kier alpha value is -4.63. The van der Waals surface area contributed by atoms with Crippen LogP contribution in [0.15, 0.2) is 93.9 Å². The maximum Gasteiger partial charge on any atom is 0.338 e. The third-order valence-corrected chi connectivity index (χ3v) is 7.59. The van der Waals surface area contributed by atoms with Crippen molar-refractivity contribution in [3.63, 3.8) is 0 Å². The molecular formula is C33H32N2O6S. The fraction of sp³-hybridized carbons (Fsp3) is 0.242. The molecule has 1 aliphatic heterocycles. The normalized spacial score (nSPS) is 14.9. The fourth-order valence-electron chi connectivity index (χ4n) is 4.71. The van der Waals surface area contributed by atoms with Crippen LogP contribution < -0.4 is 24.4 Å². The van der Waals surface area contributed by atoms with Gasteiger partial charge in [0, 0.05) is 0 Å². The standard InChI is InChI=1S/C33H32N2O6S/c1-5-39-27-17-23(11-16-26(27)36)18-28-31(37)35-30(29(32(38)41-20(2)3)21(4)34-33(35)42-28)24-12-14-25(15-13-24)40-19-22-9-7-6-8-10-22/h6-18,20,30,36H,5,19H2,1-4H3/b28-18-. The third-order valence-electron chi connectivity index (χ3n) is 6.61. The first-order valence-electron chi connectivity index (χ1n) is 13.7. The second-order valence-corrected chi connectivity index (χ2v) is 11.0. The van der Waals surface area contributed by atoms with Crippen molar-refractivity contribution in [2.45, 2.75) is 46.4 Å². The monoisotopic (exact) mass is 584 g/mol. The van der Waals surface area contributed by atoms with E-state index in [0.717, 1.165) is 11.1 Å². The number of carbonyl (C=O) groups excluding carboxylic acids is 1. The fourth-order valence-corrected chi connectivity index (χ4v) is 5.75. The zero-order valence-electron chi connectivity index (χ0n) is 23.9. The van der Waals surface area contributed by atoms with Crippen LogP contribution in [0.5, 0.6) is 17.2 Å². The Morgan fingerprint density at radius 2 is 1.81 bits per heavy atom. The van der Waals surface area contributed by atoms with Gasteiger partial charge in [0.05, 0.1) is 34.6 Å². The van der Waals surface area contributed by atoms with Gasteiger partial charge in [0.15, 0.2) is 16.3 Å². The van der Waals surface area contributed by atoms with E-state index >= 15 is 0 Å². The molecular weight excluding hydrogens is 552 g/mol. The number of hydrogen-bond acceptors (Lipinski definition) is 8. The van der Waals surface area contributed by atoms with Crippen molar-refractivity contribution in [2.24, 2.45) is 4.99 Å². The molecule has 8 nitrogen and oxygen atoms in total. The van der Waals surface area contributed by atoms with Gasteiger partial charge in [0.1, 0.15) is 12.4 Å². The van der Waals surface area contributed by atoms with E-state index in [2.05, 4.69) is 4.99 Å². The van der Waals surface area contributed by atoms with Crippen LogP contribution >= 0.6 is 11.3 Å². The minimum absolute atomic E-state index is 0.0237. The number of phenols is 1. The number of ether oxygens (including phenoxy) is 3. The average molecular weight is 585 g/mol. The number of thiazole rings is 1. The number of carbonyl (C=O) groups is 1. The number of rotatable bonds is 9. The quantitative estimate of drug-likeness (QED) is 0.282. The van der Waals surface area contributed by atoms with E-state index in [1.807, 2.05) is 61.5 Å². The van der Waals surface area contributed by atoms with Crippen LogP contribution in [0.2, 0.25) is 0 Å². The largest absolute Gasteiger partial charge is 0.504 e. The highest BCUT2D eigenvalue weighted by molar-refractivity contribution is 7.07. The second-order valence-electron chi connectivity index (χ2n) is 10.0. The zero-order chi connectivity index (χ0) is 29.8. The van der Waals surface area contributed by atoms with Gasteiger partial charge in [-0.2, -0.15) is 0 Å². The van der Waals surface area contributed by atoms with Gasteiger partial charge >= 0.3 is 5.97 Å². The number of benzene rings is 3. The summed E-state index contributed by atoms with van der Waals surface area (Å²) in [4.78, 5) is 32.4. The molecule has 9 heteroatoms. The number of aromatic nitrogens is 1. The van der Waals surface area contributed by atoms with E-state index in [0.29, 0.717) is 50.9 Å². The van der Waals surface area contributed by atoms with Crippen molar-refractivity contribution in [1.82, 2.24) is 4.57 Å². The Morgan fingerprint density at radius 1 is 1.07 bits per heavy atom. The molecule has 1 unspecified atom stereocenters. The van der Waals surface area contributed by atoms with Crippen LogP contribution in [0, 0.1) is 0 Å². The second kappa shape index (κ2) is 12.5. The molecule has 216 valence electrons. The number of aromatic hydroxyl groups is 1. The Balaban J connectivity index is 1.57. The molecule has 0 saturated carbocycles. The lowest BCUT2D eigenvalue weighted by Gasteiger charge is -2.25. The van der Waals surface area contributed by atoms with E-state index in [4.69, 9.17) is 14.2 Å². The molecule has 1 atom stereocenters. The van der Waals surface area contributed by atoms with Gasteiger partial charge in [-0.25, -0.2) is 9.79 Å². The lowest BCUT2D eigenvalue weighted by molar-refractivity contribution is -0.143. The summed E-state index contributed by atoms with van der Waals surface area (Å²) >= 11 is 1.23.